The molecule has 1 aliphatic rings. The number of carbonyl (C=O) groups is 1. The molecule has 37 heavy (non-hydrogen) atoms. The Labute approximate surface area is 219 Å². The average Bonchev–Trinajstić information content (AvgIpc) is 3.45. The molecule has 3 unspecified atom stereocenters. The topological polar surface area (TPSA) is 135 Å². The Kier molecular flexibility index (Phi) is 9.07. The molecule has 3 aromatic rings. The van der Waals surface area contributed by atoms with Crippen LogP contribution in [0.15, 0.2) is 33.6 Å². The summed E-state index contributed by atoms with van der Waals surface area (Å²) in [5, 5.41) is 16.4. The summed E-state index contributed by atoms with van der Waals surface area (Å²) in [7, 11) is 5.52. The molecule has 0 aliphatic carbocycles. The second-order valence-corrected chi connectivity index (χ2v) is 10.3. The van der Waals surface area contributed by atoms with Gasteiger partial charge in [-0.05, 0) is 45.3 Å². The van der Waals surface area contributed by atoms with Gasteiger partial charge >= 0.3 is 5.76 Å². The zero-order chi connectivity index (χ0) is 26.4. The first-order chi connectivity index (χ1) is 17.9. The molecule has 12 heteroatoms. The largest absolute Gasteiger partial charge is 0.419 e. The van der Waals surface area contributed by atoms with Gasteiger partial charge in [-0.15, -0.1) is 11.3 Å². The second-order valence-electron chi connectivity index (χ2n) is 9.20. The van der Waals surface area contributed by atoms with E-state index in [1.165, 1.54) is 11.3 Å². The Bertz CT molecular complexity index is 1310. The normalized spacial score (nSPS) is 19.3. The molecule has 1 fully saturated rings. The highest BCUT2D eigenvalue weighted by Gasteiger charge is 2.25. The number of nitrogens with one attached hydrogen (secondary N) is 2. The van der Waals surface area contributed by atoms with Crippen molar-refractivity contribution in [3.8, 4) is 16.6 Å². The van der Waals surface area contributed by atoms with Gasteiger partial charge in [0.25, 0.3) is 5.91 Å². The summed E-state index contributed by atoms with van der Waals surface area (Å²) in [6.45, 7) is 2.65. The predicted molar refractivity (Wildman–Crippen MR) is 139 cm³/mol. The number of amides is 1. The summed E-state index contributed by atoms with van der Waals surface area (Å²) < 4.78 is 18.1. The summed E-state index contributed by atoms with van der Waals surface area (Å²) in [6, 6.07) is 6.98. The third-order valence-electron chi connectivity index (χ3n) is 6.20. The first-order valence-electron chi connectivity index (χ1n) is 12.2. The molecular formula is C25H32N6O5S. The number of rotatable bonds is 9. The number of ether oxygens (including phenoxy) is 2. The van der Waals surface area contributed by atoms with Crippen LogP contribution in [0.1, 0.15) is 11.3 Å². The fourth-order valence-electron chi connectivity index (χ4n) is 4.05. The minimum absolute atomic E-state index is 0.0746. The summed E-state index contributed by atoms with van der Waals surface area (Å²) in [4.78, 5) is 32.5. The number of fused-ring (bicyclic) bond motifs is 1. The number of nitriles is 1. The highest BCUT2D eigenvalue weighted by atomic mass is 32.1. The van der Waals surface area contributed by atoms with Crippen LogP contribution < -0.4 is 16.4 Å². The molecular weight excluding hydrogens is 496 g/mol. The molecule has 3 heterocycles. The summed E-state index contributed by atoms with van der Waals surface area (Å²) in [6.07, 6.45) is 2.07. The van der Waals surface area contributed by atoms with Crippen molar-refractivity contribution in [3.63, 3.8) is 0 Å². The van der Waals surface area contributed by atoms with Crippen LogP contribution in [0, 0.1) is 11.3 Å². The van der Waals surface area contributed by atoms with Gasteiger partial charge < -0.3 is 29.4 Å². The van der Waals surface area contributed by atoms with Crippen molar-refractivity contribution in [2.75, 3.05) is 47.4 Å². The Morgan fingerprint density at radius 2 is 2.30 bits per heavy atom. The maximum Gasteiger partial charge on any atom is 0.419 e. The minimum Gasteiger partial charge on any atom is -0.408 e. The van der Waals surface area contributed by atoms with Crippen LogP contribution in [-0.4, -0.2) is 86.1 Å². The van der Waals surface area contributed by atoms with Crippen molar-refractivity contribution in [1.29, 1.82) is 5.26 Å². The molecule has 1 saturated heterocycles. The smallest absolute Gasteiger partial charge is 0.408 e. The van der Waals surface area contributed by atoms with Gasteiger partial charge in [-0.3, -0.25) is 9.36 Å². The van der Waals surface area contributed by atoms with Crippen LogP contribution in [0.5, 0.6) is 0 Å². The third kappa shape index (κ3) is 6.82. The second kappa shape index (κ2) is 12.4. The van der Waals surface area contributed by atoms with Gasteiger partial charge in [0.15, 0.2) is 5.58 Å². The van der Waals surface area contributed by atoms with Gasteiger partial charge in [0, 0.05) is 49.8 Å². The maximum atomic E-state index is 12.8. The van der Waals surface area contributed by atoms with Crippen LogP contribution in [0.25, 0.3) is 21.7 Å². The van der Waals surface area contributed by atoms with Crippen LogP contribution in [0.2, 0.25) is 0 Å². The van der Waals surface area contributed by atoms with Gasteiger partial charge in [0.1, 0.15) is 17.2 Å². The van der Waals surface area contributed by atoms with Crippen molar-refractivity contribution in [1.82, 2.24) is 25.1 Å². The molecule has 0 spiro atoms. The minimum atomic E-state index is -0.722. The molecule has 0 bridgehead atoms. The van der Waals surface area contributed by atoms with Crippen LogP contribution in [0.3, 0.4) is 0 Å². The van der Waals surface area contributed by atoms with E-state index in [0.29, 0.717) is 43.8 Å². The summed E-state index contributed by atoms with van der Waals surface area (Å²) in [5.41, 5.74) is 2.09. The predicted octanol–water partition coefficient (Wildman–Crippen LogP) is 1.22. The van der Waals surface area contributed by atoms with E-state index in [2.05, 4.69) is 21.7 Å². The number of hydrogen-bond donors (Lipinski definition) is 2. The number of nitrogens with zero attached hydrogens (tertiary/aromatic N) is 4. The third-order valence-corrected chi connectivity index (χ3v) is 7.27. The van der Waals surface area contributed by atoms with Crippen molar-refractivity contribution >= 4 is 28.3 Å². The molecule has 2 N–H and O–H groups in total. The molecule has 1 amide bonds. The van der Waals surface area contributed by atoms with Gasteiger partial charge in [-0.1, -0.05) is 0 Å². The average molecular weight is 529 g/mol. The lowest BCUT2D eigenvalue weighted by Crippen LogP contribution is -2.49. The van der Waals surface area contributed by atoms with Crippen LogP contribution >= 0.6 is 11.3 Å². The maximum absolute atomic E-state index is 12.8. The van der Waals surface area contributed by atoms with Gasteiger partial charge in [-0.25, -0.2) is 9.78 Å². The summed E-state index contributed by atoms with van der Waals surface area (Å²) >= 11 is 1.44. The highest BCUT2D eigenvalue weighted by molar-refractivity contribution is 7.15. The lowest BCUT2D eigenvalue weighted by molar-refractivity contribution is -0.136. The first kappa shape index (κ1) is 27.0. The molecule has 0 radical (unpaired) electrons. The van der Waals surface area contributed by atoms with E-state index in [1.807, 2.05) is 31.1 Å². The monoisotopic (exact) mass is 528 g/mol. The number of thiazole rings is 1. The quantitative estimate of drug-likeness (QED) is 0.420. The zero-order valence-electron chi connectivity index (χ0n) is 21.2. The number of methoxy groups -OCH3 is 1. The molecule has 1 aromatic carbocycles. The number of carbonyl (C=O) groups excluding carboxylic acids is 1. The fraction of sp³-hybridized carbons (Fsp3) is 0.520. The number of oxazole rings is 1. The molecule has 198 valence electrons. The van der Waals surface area contributed by atoms with Crippen molar-refractivity contribution < 1.29 is 18.7 Å². The molecule has 1 aliphatic heterocycles. The fourth-order valence-corrected chi connectivity index (χ4v) is 5.01. The standard InChI is InChI=1S/C25H32N6O5S/c1-30(2)8-9-31-20-10-16(4-5-21(20)36-25(31)33)24-28-13-19(37-24)11-17(12-26)29-23(32)22-14-27-7-6-18(34-3)15-35-22/h4-5,10,13,17-18,22,27H,6-9,11,14-15H2,1-3H3,(H,29,32). The molecule has 0 saturated carbocycles. The van der Waals surface area contributed by atoms with Crippen molar-refractivity contribution in [3.05, 3.63) is 39.8 Å². The Morgan fingerprint density at radius 1 is 1.46 bits per heavy atom. The van der Waals surface area contributed by atoms with Gasteiger partial charge in [0.2, 0.25) is 0 Å². The van der Waals surface area contributed by atoms with E-state index >= 15 is 0 Å². The summed E-state index contributed by atoms with van der Waals surface area (Å²) in [5.74, 6) is -0.718. The van der Waals surface area contributed by atoms with Crippen LogP contribution in [-0.2, 0) is 27.2 Å². The van der Waals surface area contributed by atoms with E-state index in [1.54, 1.807) is 23.9 Å². The molecule has 11 nitrogen and oxygen atoms in total. The van der Waals surface area contributed by atoms with Gasteiger partial charge in [-0.2, -0.15) is 5.26 Å². The zero-order valence-corrected chi connectivity index (χ0v) is 22.0. The van der Waals surface area contributed by atoms with Gasteiger partial charge in [0.05, 0.1) is 24.3 Å². The lowest BCUT2D eigenvalue weighted by atomic mass is 10.2. The molecule has 4 rings (SSSR count). The van der Waals surface area contributed by atoms with E-state index in [9.17, 15) is 14.9 Å². The van der Waals surface area contributed by atoms with Crippen molar-refractivity contribution in [2.24, 2.45) is 0 Å². The number of hydrogen-bond acceptors (Lipinski definition) is 10. The van der Waals surface area contributed by atoms with E-state index in [0.717, 1.165) is 28.4 Å². The highest BCUT2D eigenvalue weighted by Crippen LogP contribution is 2.28. The number of aromatic nitrogens is 2. The lowest BCUT2D eigenvalue weighted by Gasteiger charge is -2.25. The van der Waals surface area contributed by atoms with E-state index < -0.39 is 12.1 Å². The molecule has 3 atom stereocenters. The SMILES string of the molecule is COC1CCNCC(C(=O)NC(C#N)Cc2cnc(-c3ccc4oc(=O)n(CCN(C)C)c4c3)s2)OC1. The number of likely N-dealkylation sites (N-methyl/N-ethyl adjacent to an activating group) is 1. The Morgan fingerprint density at radius 3 is 3.05 bits per heavy atom. The Balaban J connectivity index is 1.43. The molecule has 2 aromatic heterocycles. The van der Waals surface area contributed by atoms with Crippen molar-refractivity contribution in [2.45, 2.75) is 37.6 Å². The van der Waals surface area contributed by atoms with E-state index in [4.69, 9.17) is 13.9 Å². The van der Waals surface area contributed by atoms with Crippen LogP contribution in [0.4, 0.5) is 0 Å². The number of benzene rings is 1. The first-order valence-corrected chi connectivity index (χ1v) is 13.0. The van der Waals surface area contributed by atoms with E-state index in [-0.39, 0.29) is 17.8 Å². The Hall–Kier alpha value is -3.08.